The van der Waals surface area contributed by atoms with Crippen LogP contribution in [0.25, 0.3) is 0 Å². The van der Waals surface area contributed by atoms with Crippen molar-refractivity contribution in [2.75, 3.05) is 25.1 Å². The van der Waals surface area contributed by atoms with Crippen LogP contribution in [-0.4, -0.2) is 35.8 Å². The Balaban J connectivity index is 2.49. The molecule has 0 aliphatic rings. The highest BCUT2D eigenvalue weighted by Crippen LogP contribution is 2.11. The number of nitrogens with zero attached hydrogens (tertiary/aromatic N) is 2. The van der Waals surface area contributed by atoms with E-state index in [0.717, 1.165) is 5.69 Å². The van der Waals surface area contributed by atoms with E-state index in [1.807, 2.05) is 13.8 Å². The highest BCUT2D eigenvalue weighted by Gasteiger charge is 2.02. The van der Waals surface area contributed by atoms with Gasteiger partial charge >= 0.3 is 6.09 Å². The van der Waals surface area contributed by atoms with E-state index in [2.05, 4.69) is 20.0 Å². The molecule has 17 heavy (non-hydrogen) atoms. The van der Waals surface area contributed by atoms with Gasteiger partial charge < -0.3 is 20.5 Å². The molecule has 0 aromatic carbocycles. The van der Waals surface area contributed by atoms with Crippen molar-refractivity contribution < 1.29 is 14.3 Å². The smallest absolute Gasteiger partial charge is 0.404 e. The standard InChI is InChI=1S/C10H16N4O3/c1-3-16-8-6-7(2)13-10(14-8)12-4-5-17-9(11)15/h6H,3-5H2,1-2H3,(H2,11,15)(H,12,13,14). The first-order chi connectivity index (χ1) is 8.11. The molecule has 7 nitrogen and oxygen atoms in total. The number of nitrogens with two attached hydrogens (primary N) is 1. The minimum atomic E-state index is -0.799. The second-order valence-electron chi connectivity index (χ2n) is 3.20. The van der Waals surface area contributed by atoms with Crippen molar-refractivity contribution in [2.45, 2.75) is 13.8 Å². The van der Waals surface area contributed by atoms with E-state index in [9.17, 15) is 4.79 Å². The Bertz CT molecular complexity index is 384. The fourth-order valence-electron chi connectivity index (χ4n) is 1.16. The summed E-state index contributed by atoms with van der Waals surface area (Å²) in [5.74, 6) is 0.944. The number of rotatable bonds is 6. The molecule has 1 amide bonds. The molecule has 0 atom stereocenters. The molecule has 1 rings (SSSR count). The lowest BCUT2D eigenvalue weighted by Gasteiger charge is -2.08. The fraction of sp³-hybridized carbons (Fsp3) is 0.500. The number of hydrogen-bond acceptors (Lipinski definition) is 6. The van der Waals surface area contributed by atoms with Gasteiger partial charge in [-0.25, -0.2) is 9.78 Å². The summed E-state index contributed by atoms with van der Waals surface area (Å²) < 4.78 is 9.84. The summed E-state index contributed by atoms with van der Waals surface area (Å²) in [7, 11) is 0. The average Bonchev–Trinajstić information content (AvgIpc) is 2.24. The van der Waals surface area contributed by atoms with Crippen LogP contribution in [0.4, 0.5) is 10.7 Å². The topological polar surface area (TPSA) is 99.4 Å². The third-order valence-corrected chi connectivity index (χ3v) is 1.75. The molecule has 0 fully saturated rings. The molecule has 0 unspecified atom stereocenters. The van der Waals surface area contributed by atoms with Crippen LogP contribution in [0.1, 0.15) is 12.6 Å². The molecular formula is C10H16N4O3. The highest BCUT2D eigenvalue weighted by molar-refractivity contribution is 5.64. The number of carbonyl (C=O) groups is 1. The molecule has 1 heterocycles. The number of amides is 1. The van der Waals surface area contributed by atoms with Crippen LogP contribution in [-0.2, 0) is 4.74 Å². The molecule has 94 valence electrons. The van der Waals surface area contributed by atoms with Gasteiger partial charge in [0.2, 0.25) is 11.8 Å². The Morgan fingerprint density at radius 2 is 2.29 bits per heavy atom. The second-order valence-corrected chi connectivity index (χ2v) is 3.20. The quantitative estimate of drug-likeness (QED) is 0.710. The van der Waals surface area contributed by atoms with Crippen LogP contribution in [0, 0.1) is 6.92 Å². The summed E-state index contributed by atoms with van der Waals surface area (Å²) in [6.07, 6.45) is -0.799. The first-order valence-electron chi connectivity index (χ1n) is 5.26. The number of carbonyl (C=O) groups excluding carboxylic acids is 1. The second kappa shape index (κ2) is 6.51. The summed E-state index contributed by atoms with van der Waals surface area (Å²) in [5.41, 5.74) is 5.61. The number of nitrogens with one attached hydrogen (secondary N) is 1. The van der Waals surface area contributed by atoms with E-state index in [1.165, 1.54) is 0 Å². The van der Waals surface area contributed by atoms with Gasteiger partial charge in [-0.3, -0.25) is 0 Å². The van der Waals surface area contributed by atoms with E-state index in [4.69, 9.17) is 10.5 Å². The molecule has 0 aliphatic heterocycles. The Hall–Kier alpha value is -2.05. The molecule has 0 spiro atoms. The molecule has 1 aromatic rings. The van der Waals surface area contributed by atoms with Gasteiger partial charge in [0.25, 0.3) is 0 Å². The molecular weight excluding hydrogens is 224 g/mol. The molecule has 1 aromatic heterocycles. The third-order valence-electron chi connectivity index (χ3n) is 1.75. The number of primary amides is 1. The van der Waals surface area contributed by atoms with Crippen molar-refractivity contribution in [2.24, 2.45) is 5.73 Å². The van der Waals surface area contributed by atoms with Crippen LogP contribution in [0.15, 0.2) is 6.07 Å². The molecule has 0 saturated carbocycles. The van der Waals surface area contributed by atoms with E-state index in [0.29, 0.717) is 25.0 Å². The fourth-order valence-corrected chi connectivity index (χ4v) is 1.16. The van der Waals surface area contributed by atoms with Gasteiger partial charge in [-0.1, -0.05) is 0 Å². The lowest BCUT2D eigenvalue weighted by Crippen LogP contribution is -2.19. The Labute approximate surface area is 99.3 Å². The Morgan fingerprint density at radius 1 is 1.53 bits per heavy atom. The first kappa shape index (κ1) is 13.0. The van der Waals surface area contributed by atoms with Gasteiger partial charge in [-0.15, -0.1) is 0 Å². The van der Waals surface area contributed by atoms with Crippen molar-refractivity contribution in [1.29, 1.82) is 0 Å². The minimum Gasteiger partial charge on any atom is -0.478 e. The zero-order chi connectivity index (χ0) is 12.7. The predicted molar refractivity (Wildman–Crippen MR) is 62.0 cm³/mol. The third kappa shape index (κ3) is 5.01. The molecule has 0 radical (unpaired) electrons. The number of aromatic nitrogens is 2. The summed E-state index contributed by atoms with van der Waals surface area (Å²) >= 11 is 0. The highest BCUT2D eigenvalue weighted by atomic mass is 16.5. The van der Waals surface area contributed by atoms with Crippen molar-refractivity contribution in [3.05, 3.63) is 11.8 Å². The van der Waals surface area contributed by atoms with Crippen molar-refractivity contribution in [3.63, 3.8) is 0 Å². The largest absolute Gasteiger partial charge is 0.478 e. The molecule has 3 N–H and O–H groups in total. The molecule has 0 aliphatic carbocycles. The van der Waals surface area contributed by atoms with E-state index in [1.54, 1.807) is 6.07 Å². The molecule has 0 saturated heterocycles. The van der Waals surface area contributed by atoms with Gasteiger partial charge in [0.15, 0.2) is 0 Å². The number of aryl methyl sites for hydroxylation is 1. The zero-order valence-electron chi connectivity index (χ0n) is 9.90. The van der Waals surface area contributed by atoms with Gasteiger partial charge in [0, 0.05) is 11.8 Å². The maximum absolute atomic E-state index is 10.3. The van der Waals surface area contributed by atoms with E-state index < -0.39 is 6.09 Å². The van der Waals surface area contributed by atoms with Crippen molar-refractivity contribution in [3.8, 4) is 5.88 Å². The first-order valence-corrected chi connectivity index (χ1v) is 5.26. The van der Waals surface area contributed by atoms with E-state index in [-0.39, 0.29) is 6.61 Å². The monoisotopic (exact) mass is 240 g/mol. The summed E-state index contributed by atoms with van der Waals surface area (Å²) in [5, 5.41) is 2.90. The van der Waals surface area contributed by atoms with Crippen LogP contribution in [0.3, 0.4) is 0 Å². The number of anilines is 1. The minimum absolute atomic E-state index is 0.163. The zero-order valence-corrected chi connectivity index (χ0v) is 9.90. The lowest BCUT2D eigenvalue weighted by atomic mass is 10.4. The summed E-state index contributed by atoms with van der Waals surface area (Å²) in [6.45, 7) is 4.82. The van der Waals surface area contributed by atoms with Gasteiger partial charge in [-0.05, 0) is 13.8 Å². The SMILES string of the molecule is CCOc1cc(C)nc(NCCOC(N)=O)n1. The van der Waals surface area contributed by atoms with Crippen molar-refractivity contribution in [1.82, 2.24) is 9.97 Å². The molecule has 7 heteroatoms. The maximum Gasteiger partial charge on any atom is 0.404 e. The Kier molecular flexibility index (Phi) is 4.99. The predicted octanol–water partition coefficient (Wildman–Crippen LogP) is 0.691. The summed E-state index contributed by atoms with van der Waals surface area (Å²) in [6, 6.07) is 1.74. The van der Waals surface area contributed by atoms with Crippen LogP contribution < -0.4 is 15.8 Å². The van der Waals surface area contributed by atoms with Crippen molar-refractivity contribution >= 4 is 12.0 Å². The normalized spacial score (nSPS) is 9.76. The number of ether oxygens (including phenoxy) is 2. The lowest BCUT2D eigenvalue weighted by molar-refractivity contribution is 0.161. The molecule has 0 bridgehead atoms. The van der Waals surface area contributed by atoms with Gasteiger partial charge in [0.1, 0.15) is 6.61 Å². The van der Waals surface area contributed by atoms with Crippen LogP contribution in [0.5, 0.6) is 5.88 Å². The van der Waals surface area contributed by atoms with Gasteiger partial charge in [0.05, 0.1) is 13.2 Å². The average molecular weight is 240 g/mol. The Morgan fingerprint density at radius 3 is 2.94 bits per heavy atom. The van der Waals surface area contributed by atoms with Crippen LogP contribution >= 0.6 is 0 Å². The number of hydrogen-bond donors (Lipinski definition) is 2. The van der Waals surface area contributed by atoms with Crippen LogP contribution in [0.2, 0.25) is 0 Å². The summed E-state index contributed by atoms with van der Waals surface area (Å²) in [4.78, 5) is 18.6. The van der Waals surface area contributed by atoms with E-state index >= 15 is 0 Å². The van der Waals surface area contributed by atoms with Gasteiger partial charge in [-0.2, -0.15) is 4.98 Å². The maximum atomic E-state index is 10.3.